The first-order valence-corrected chi connectivity index (χ1v) is 10.3. The lowest BCUT2D eigenvalue weighted by atomic mass is 9.79. The van der Waals surface area contributed by atoms with Crippen LogP contribution in [0, 0.1) is 0 Å². The van der Waals surface area contributed by atoms with Crippen molar-refractivity contribution in [1.82, 2.24) is 14.5 Å². The van der Waals surface area contributed by atoms with Gasteiger partial charge in [-0.15, -0.1) is 0 Å². The van der Waals surface area contributed by atoms with Gasteiger partial charge < -0.3 is 4.90 Å². The van der Waals surface area contributed by atoms with E-state index in [-0.39, 0.29) is 17.0 Å². The number of piperidine rings is 1. The molecule has 0 saturated carbocycles. The minimum absolute atomic E-state index is 0.0639. The van der Waals surface area contributed by atoms with Gasteiger partial charge in [-0.3, -0.25) is 4.79 Å². The number of rotatable bonds is 3. The summed E-state index contributed by atoms with van der Waals surface area (Å²) in [5, 5.41) is 4.77. The number of likely N-dealkylation sites (tertiary alicyclic amines) is 1. The Morgan fingerprint density at radius 2 is 1.62 bits per heavy atom. The minimum atomic E-state index is -0.146. The average molecular weight is 388 g/mol. The number of aromatic nitrogens is 2. The Balaban J connectivity index is 1.76. The van der Waals surface area contributed by atoms with Gasteiger partial charge in [0.2, 0.25) is 5.91 Å². The number of fused-ring (bicyclic) bond motifs is 1. The fourth-order valence-electron chi connectivity index (χ4n) is 4.81. The van der Waals surface area contributed by atoms with E-state index in [0.717, 1.165) is 41.6 Å². The molecule has 0 spiro atoms. The molecule has 150 valence electrons. The van der Waals surface area contributed by atoms with Crippen LogP contribution in [0.15, 0.2) is 60.8 Å². The van der Waals surface area contributed by atoms with Crippen molar-refractivity contribution in [2.45, 2.75) is 58.0 Å². The zero-order chi connectivity index (χ0) is 20.6. The number of amides is 1. The standard InChI is InChI=1S/C25H29N3O/c1-24(2)16-10-17-25(3,4)28(24)22(29)15-14-20-21-13-8-9-18-27(21)26-23(20)19-11-6-5-7-12-19/h5-9,11-15,18H,10,16-17H2,1-4H3. The van der Waals surface area contributed by atoms with Gasteiger partial charge in [0.05, 0.1) is 5.52 Å². The second-order valence-electron chi connectivity index (χ2n) is 9.14. The molecule has 2 aromatic heterocycles. The summed E-state index contributed by atoms with van der Waals surface area (Å²) in [6.07, 6.45) is 8.82. The maximum absolute atomic E-state index is 13.3. The number of carbonyl (C=O) groups excluding carboxylic acids is 1. The Hall–Kier alpha value is -2.88. The molecular formula is C25H29N3O. The van der Waals surface area contributed by atoms with Crippen LogP contribution in [0.4, 0.5) is 0 Å². The molecule has 0 unspecified atom stereocenters. The maximum atomic E-state index is 13.3. The Morgan fingerprint density at radius 3 is 2.31 bits per heavy atom. The van der Waals surface area contributed by atoms with Crippen LogP contribution in [0.1, 0.15) is 52.5 Å². The van der Waals surface area contributed by atoms with Gasteiger partial charge in [-0.25, -0.2) is 4.52 Å². The molecule has 3 aromatic rings. The Labute approximate surface area is 172 Å². The van der Waals surface area contributed by atoms with Gasteiger partial charge in [-0.1, -0.05) is 36.4 Å². The highest BCUT2D eigenvalue weighted by molar-refractivity contribution is 5.96. The van der Waals surface area contributed by atoms with Gasteiger partial charge in [0, 0.05) is 34.5 Å². The number of carbonyl (C=O) groups is 1. The average Bonchev–Trinajstić information content (AvgIpc) is 3.04. The third kappa shape index (κ3) is 3.59. The molecular weight excluding hydrogens is 358 g/mol. The number of nitrogens with zero attached hydrogens (tertiary/aromatic N) is 3. The van der Waals surface area contributed by atoms with Gasteiger partial charge in [0.1, 0.15) is 5.69 Å². The molecule has 4 nitrogen and oxygen atoms in total. The van der Waals surface area contributed by atoms with E-state index in [1.807, 2.05) is 53.2 Å². The fourth-order valence-corrected chi connectivity index (χ4v) is 4.81. The van der Waals surface area contributed by atoms with Gasteiger partial charge in [-0.2, -0.15) is 5.10 Å². The summed E-state index contributed by atoms with van der Waals surface area (Å²) in [6, 6.07) is 16.1. The SMILES string of the molecule is CC1(C)CCCC(C)(C)N1C(=O)C=Cc1c(-c2ccccc2)nn2ccccc12. The predicted molar refractivity (Wildman–Crippen MR) is 119 cm³/mol. The van der Waals surface area contributed by atoms with E-state index < -0.39 is 0 Å². The molecule has 0 radical (unpaired) electrons. The Kier molecular flexibility index (Phi) is 4.81. The second kappa shape index (κ2) is 7.18. The molecule has 1 fully saturated rings. The monoisotopic (exact) mass is 387 g/mol. The molecule has 0 bridgehead atoms. The lowest BCUT2D eigenvalue weighted by Crippen LogP contribution is -2.60. The topological polar surface area (TPSA) is 37.6 Å². The third-order valence-electron chi connectivity index (χ3n) is 6.03. The normalized spacial score (nSPS) is 18.4. The summed E-state index contributed by atoms with van der Waals surface area (Å²) >= 11 is 0. The molecule has 29 heavy (non-hydrogen) atoms. The molecule has 1 saturated heterocycles. The lowest BCUT2D eigenvalue weighted by molar-refractivity contribution is -0.143. The predicted octanol–water partition coefficient (Wildman–Crippen LogP) is 5.58. The highest BCUT2D eigenvalue weighted by atomic mass is 16.2. The van der Waals surface area contributed by atoms with Gasteiger partial charge in [0.25, 0.3) is 0 Å². The first-order chi connectivity index (χ1) is 13.8. The van der Waals surface area contributed by atoms with Crippen LogP contribution in [0.2, 0.25) is 0 Å². The molecule has 0 aliphatic carbocycles. The minimum Gasteiger partial charge on any atom is -0.329 e. The fraction of sp³-hybridized carbons (Fsp3) is 0.360. The number of hydrogen-bond acceptors (Lipinski definition) is 2. The zero-order valence-corrected chi connectivity index (χ0v) is 17.7. The highest BCUT2D eigenvalue weighted by Gasteiger charge is 2.43. The number of benzene rings is 1. The molecule has 4 heteroatoms. The van der Waals surface area contributed by atoms with Crippen molar-refractivity contribution < 1.29 is 4.79 Å². The van der Waals surface area contributed by atoms with Crippen LogP contribution in [0.25, 0.3) is 22.9 Å². The van der Waals surface area contributed by atoms with E-state index in [1.54, 1.807) is 6.08 Å². The largest absolute Gasteiger partial charge is 0.329 e. The van der Waals surface area contributed by atoms with E-state index in [2.05, 4.69) is 44.7 Å². The van der Waals surface area contributed by atoms with Crippen molar-refractivity contribution in [1.29, 1.82) is 0 Å². The van der Waals surface area contributed by atoms with Crippen LogP contribution in [0.3, 0.4) is 0 Å². The van der Waals surface area contributed by atoms with Gasteiger partial charge in [0.15, 0.2) is 0 Å². The highest BCUT2D eigenvalue weighted by Crippen LogP contribution is 2.38. The van der Waals surface area contributed by atoms with Crippen molar-refractivity contribution in [3.8, 4) is 11.3 Å². The maximum Gasteiger partial charge on any atom is 0.247 e. The third-order valence-corrected chi connectivity index (χ3v) is 6.03. The molecule has 1 aromatic carbocycles. The van der Waals surface area contributed by atoms with Crippen LogP contribution in [-0.4, -0.2) is 31.5 Å². The summed E-state index contributed by atoms with van der Waals surface area (Å²) in [5.41, 5.74) is 3.60. The van der Waals surface area contributed by atoms with Crippen molar-refractivity contribution in [2.24, 2.45) is 0 Å². The van der Waals surface area contributed by atoms with Gasteiger partial charge in [-0.05, 0) is 65.2 Å². The molecule has 0 atom stereocenters. The van der Waals surface area contributed by atoms with E-state index in [0.29, 0.717) is 0 Å². The van der Waals surface area contributed by atoms with E-state index >= 15 is 0 Å². The molecule has 1 amide bonds. The summed E-state index contributed by atoms with van der Waals surface area (Å²) in [7, 11) is 0. The van der Waals surface area contributed by atoms with Crippen LogP contribution in [-0.2, 0) is 4.79 Å². The van der Waals surface area contributed by atoms with Crippen LogP contribution < -0.4 is 0 Å². The second-order valence-corrected chi connectivity index (χ2v) is 9.14. The van der Waals surface area contributed by atoms with Crippen molar-refractivity contribution in [3.63, 3.8) is 0 Å². The van der Waals surface area contributed by atoms with Crippen molar-refractivity contribution in [2.75, 3.05) is 0 Å². The lowest BCUT2D eigenvalue weighted by Gasteiger charge is -2.52. The van der Waals surface area contributed by atoms with Crippen molar-refractivity contribution in [3.05, 3.63) is 66.4 Å². The Morgan fingerprint density at radius 1 is 0.966 bits per heavy atom. The first kappa shape index (κ1) is 19.4. The van der Waals surface area contributed by atoms with E-state index in [4.69, 9.17) is 5.10 Å². The first-order valence-electron chi connectivity index (χ1n) is 10.3. The zero-order valence-electron chi connectivity index (χ0n) is 17.7. The van der Waals surface area contributed by atoms with Crippen LogP contribution in [0.5, 0.6) is 0 Å². The summed E-state index contributed by atoms with van der Waals surface area (Å²) in [5.74, 6) is 0.0639. The number of pyridine rings is 1. The Bertz CT molecular complexity index is 1040. The molecule has 4 rings (SSSR count). The molecule has 0 N–H and O–H groups in total. The van der Waals surface area contributed by atoms with Gasteiger partial charge >= 0.3 is 0 Å². The molecule has 1 aliphatic heterocycles. The van der Waals surface area contributed by atoms with E-state index in [1.165, 1.54) is 0 Å². The van der Waals surface area contributed by atoms with E-state index in [9.17, 15) is 4.79 Å². The van der Waals surface area contributed by atoms with Crippen LogP contribution >= 0.6 is 0 Å². The summed E-state index contributed by atoms with van der Waals surface area (Å²) < 4.78 is 1.88. The smallest absolute Gasteiger partial charge is 0.247 e. The summed E-state index contributed by atoms with van der Waals surface area (Å²) in [6.45, 7) is 8.68. The summed E-state index contributed by atoms with van der Waals surface area (Å²) in [4.78, 5) is 15.4. The molecule has 1 aliphatic rings. The quantitative estimate of drug-likeness (QED) is 0.550. The van der Waals surface area contributed by atoms with Crippen molar-refractivity contribution >= 4 is 17.5 Å². The number of hydrogen-bond donors (Lipinski definition) is 0. The molecule has 3 heterocycles.